The van der Waals surface area contributed by atoms with E-state index in [1.165, 1.54) is 0 Å². The van der Waals surface area contributed by atoms with Gasteiger partial charge in [0.1, 0.15) is 6.04 Å². The smallest absolute Gasteiger partial charge is 0.320 e. The largest absolute Gasteiger partial charge is 0.480 e. The van der Waals surface area contributed by atoms with Gasteiger partial charge in [-0.1, -0.05) is 6.92 Å². The molecule has 0 saturated heterocycles. The molecule has 0 rings (SSSR count). The van der Waals surface area contributed by atoms with Gasteiger partial charge in [-0.05, 0) is 19.9 Å². The van der Waals surface area contributed by atoms with Gasteiger partial charge < -0.3 is 15.2 Å². The molecule has 0 bridgehead atoms. The van der Waals surface area contributed by atoms with Crippen molar-refractivity contribution in [2.75, 3.05) is 19.8 Å². The number of rotatable bonds is 7. The maximum Gasteiger partial charge on any atom is 0.320 e. The van der Waals surface area contributed by atoms with E-state index in [9.17, 15) is 4.79 Å². The molecule has 72 valence electrons. The Hall–Kier alpha value is -0.610. The Balaban J connectivity index is 3.56. The van der Waals surface area contributed by atoms with Gasteiger partial charge in [0.25, 0.3) is 0 Å². The molecule has 0 aromatic carbocycles. The molecule has 0 radical (unpaired) electrons. The Labute approximate surface area is 72.9 Å². The van der Waals surface area contributed by atoms with Crippen molar-refractivity contribution in [3.8, 4) is 0 Å². The quantitative estimate of drug-likeness (QED) is 0.552. The number of aliphatic carboxylic acids is 1. The summed E-state index contributed by atoms with van der Waals surface area (Å²) in [5, 5.41) is 11.5. The highest BCUT2D eigenvalue weighted by molar-refractivity contribution is 5.73. The van der Waals surface area contributed by atoms with Crippen LogP contribution in [0.2, 0.25) is 0 Å². The van der Waals surface area contributed by atoms with Crippen LogP contribution in [0.15, 0.2) is 0 Å². The normalized spacial score (nSPS) is 12.8. The van der Waals surface area contributed by atoms with Crippen LogP contribution in [-0.4, -0.2) is 36.9 Å². The van der Waals surface area contributed by atoms with Crippen molar-refractivity contribution in [1.82, 2.24) is 5.32 Å². The molecule has 0 aliphatic rings. The van der Waals surface area contributed by atoms with Gasteiger partial charge in [0.05, 0.1) is 0 Å². The van der Waals surface area contributed by atoms with E-state index in [2.05, 4.69) is 5.32 Å². The van der Waals surface area contributed by atoms with Gasteiger partial charge in [0.2, 0.25) is 0 Å². The van der Waals surface area contributed by atoms with E-state index in [0.29, 0.717) is 26.2 Å². The zero-order chi connectivity index (χ0) is 9.40. The van der Waals surface area contributed by atoms with Crippen molar-refractivity contribution in [3.05, 3.63) is 0 Å². The molecular weight excluding hydrogens is 158 g/mol. The summed E-state index contributed by atoms with van der Waals surface area (Å²) < 4.78 is 5.06. The molecule has 0 spiro atoms. The number of carbonyl (C=O) groups is 1. The van der Waals surface area contributed by atoms with Gasteiger partial charge in [0.15, 0.2) is 0 Å². The van der Waals surface area contributed by atoms with Crippen molar-refractivity contribution < 1.29 is 14.6 Å². The number of likely N-dealkylation sites (N-methyl/N-ethyl adjacent to an activating group) is 1. The van der Waals surface area contributed by atoms with Gasteiger partial charge in [-0.15, -0.1) is 0 Å². The minimum atomic E-state index is -0.809. The van der Waals surface area contributed by atoms with Crippen molar-refractivity contribution in [2.45, 2.75) is 26.3 Å². The number of nitrogens with one attached hydrogen (secondary N) is 1. The van der Waals surface area contributed by atoms with Crippen LogP contribution in [0.4, 0.5) is 0 Å². The molecule has 12 heavy (non-hydrogen) atoms. The number of carboxylic acids is 1. The van der Waals surface area contributed by atoms with E-state index < -0.39 is 12.0 Å². The number of carboxylic acid groups (broad SMARTS) is 1. The fourth-order valence-corrected chi connectivity index (χ4v) is 0.905. The molecule has 0 aromatic heterocycles. The summed E-state index contributed by atoms with van der Waals surface area (Å²) in [5.74, 6) is -0.809. The molecule has 1 unspecified atom stereocenters. The maximum absolute atomic E-state index is 10.6. The van der Waals surface area contributed by atoms with E-state index in [-0.39, 0.29) is 0 Å². The van der Waals surface area contributed by atoms with E-state index in [4.69, 9.17) is 9.84 Å². The highest BCUT2D eigenvalue weighted by Crippen LogP contribution is 1.92. The summed E-state index contributed by atoms with van der Waals surface area (Å²) in [5.41, 5.74) is 0. The molecule has 0 heterocycles. The fourth-order valence-electron chi connectivity index (χ4n) is 0.905. The van der Waals surface area contributed by atoms with Crippen molar-refractivity contribution in [2.24, 2.45) is 0 Å². The van der Waals surface area contributed by atoms with Gasteiger partial charge >= 0.3 is 5.97 Å². The van der Waals surface area contributed by atoms with Crippen LogP contribution in [0.3, 0.4) is 0 Å². The van der Waals surface area contributed by atoms with Gasteiger partial charge in [-0.25, -0.2) is 0 Å². The molecule has 0 fully saturated rings. The second-order valence-electron chi connectivity index (χ2n) is 2.43. The van der Waals surface area contributed by atoms with Gasteiger partial charge in [0, 0.05) is 13.2 Å². The van der Waals surface area contributed by atoms with Gasteiger partial charge in [-0.3, -0.25) is 4.79 Å². The maximum atomic E-state index is 10.6. The lowest BCUT2D eigenvalue weighted by Gasteiger charge is -2.12. The first-order chi connectivity index (χ1) is 5.72. The van der Waals surface area contributed by atoms with E-state index in [1.54, 1.807) is 0 Å². The van der Waals surface area contributed by atoms with Crippen LogP contribution in [0, 0.1) is 0 Å². The zero-order valence-corrected chi connectivity index (χ0v) is 7.67. The summed E-state index contributed by atoms with van der Waals surface area (Å²) >= 11 is 0. The van der Waals surface area contributed by atoms with E-state index in [1.807, 2.05) is 13.8 Å². The number of ether oxygens (including phenoxy) is 1. The fraction of sp³-hybridized carbons (Fsp3) is 0.875. The Morgan fingerprint density at radius 1 is 1.58 bits per heavy atom. The zero-order valence-electron chi connectivity index (χ0n) is 7.67. The van der Waals surface area contributed by atoms with Crippen LogP contribution in [-0.2, 0) is 9.53 Å². The molecule has 4 nitrogen and oxygen atoms in total. The Morgan fingerprint density at radius 2 is 2.25 bits per heavy atom. The third-order valence-corrected chi connectivity index (χ3v) is 1.50. The van der Waals surface area contributed by atoms with Crippen LogP contribution >= 0.6 is 0 Å². The summed E-state index contributed by atoms with van der Waals surface area (Å²) in [4.78, 5) is 10.6. The molecule has 0 amide bonds. The monoisotopic (exact) mass is 175 g/mol. The lowest BCUT2D eigenvalue weighted by Crippen LogP contribution is -2.37. The number of hydrogen-bond acceptors (Lipinski definition) is 3. The third kappa shape index (κ3) is 5.09. The average molecular weight is 175 g/mol. The topological polar surface area (TPSA) is 58.6 Å². The summed E-state index contributed by atoms with van der Waals surface area (Å²) in [7, 11) is 0. The first-order valence-electron chi connectivity index (χ1n) is 4.26. The van der Waals surface area contributed by atoms with E-state index in [0.717, 1.165) is 0 Å². The summed E-state index contributed by atoms with van der Waals surface area (Å²) in [6, 6.07) is -0.471. The second kappa shape index (κ2) is 7.06. The predicted octanol–water partition coefficient (Wildman–Crippen LogP) is 0.476. The number of hydrogen-bond donors (Lipinski definition) is 2. The summed E-state index contributed by atoms with van der Waals surface area (Å²) in [6.45, 7) is 5.58. The van der Waals surface area contributed by atoms with Crippen molar-refractivity contribution >= 4 is 5.97 Å². The highest BCUT2D eigenvalue weighted by atomic mass is 16.5. The molecule has 0 saturated carbocycles. The van der Waals surface area contributed by atoms with E-state index >= 15 is 0 Å². The van der Waals surface area contributed by atoms with Crippen LogP contribution in [0.5, 0.6) is 0 Å². The van der Waals surface area contributed by atoms with Crippen LogP contribution in [0.25, 0.3) is 0 Å². The minimum Gasteiger partial charge on any atom is -0.480 e. The minimum absolute atomic E-state index is 0.471. The first-order valence-corrected chi connectivity index (χ1v) is 4.26. The van der Waals surface area contributed by atoms with Crippen molar-refractivity contribution in [1.29, 1.82) is 0 Å². The van der Waals surface area contributed by atoms with Crippen LogP contribution in [0.1, 0.15) is 20.3 Å². The first kappa shape index (κ1) is 11.4. The van der Waals surface area contributed by atoms with Gasteiger partial charge in [-0.2, -0.15) is 0 Å². The Morgan fingerprint density at radius 3 is 2.67 bits per heavy atom. The summed E-state index contributed by atoms with van der Waals surface area (Å²) in [6.07, 6.45) is 0.525. The predicted molar refractivity (Wildman–Crippen MR) is 46.2 cm³/mol. The Bertz CT molecular complexity index is 127. The SMILES string of the molecule is CCNC(CCOCC)C(=O)O. The van der Waals surface area contributed by atoms with Crippen LogP contribution < -0.4 is 5.32 Å². The lowest BCUT2D eigenvalue weighted by atomic mass is 10.2. The molecule has 0 aliphatic heterocycles. The highest BCUT2D eigenvalue weighted by Gasteiger charge is 2.14. The van der Waals surface area contributed by atoms with Crippen molar-refractivity contribution in [3.63, 3.8) is 0 Å². The molecule has 0 aliphatic carbocycles. The average Bonchev–Trinajstić information content (AvgIpc) is 2.03. The molecule has 1 atom stereocenters. The molecule has 4 heteroatoms. The second-order valence-corrected chi connectivity index (χ2v) is 2.43. The third-order valence-electron chi connectivity index (χ3n) is 1.50. The molecule has 2 N–H and O–H groups in total. The molecular formula is C8H17NO3. The lowest BCUT2D eigenvalue weighted by molar-refractivity contribution is -0.140. The molecule has 0 aromatic rings. The standard InChI is InChI=1S/C8H17NO3/c1-3-9-7(8(10)11)5-6-12-4-2/h7,9H,3-6H2,1-2H3,(H,10,11). The Kier molecular flexibility index (Phi) is 6.70.